The van der Waals surface area contributed by atoms with Crippen molar-refractivity contribution in [1.82, 2.24) is 19.9 Å². The van der Waals surface area contributed by atoms with Crippen LogP contribution in [0.5, 0.6) is 5.75 Å². The van der Waals surface area contributed by atoms with Gasteiger partial charge in [-0.05, 0) is 49.2 Å². The number of aromatic amines is 1. The zero-order chi connectivity index (χ0) is 27.1. The molecule has 0 spiro atoms. The first-order valence-corrected chi connectivity index (χ1v) is 13.7. The van der Waals surface area contributed by atoms with Crippen LogP contribution >= 0.6 is 23.2 Å². The van der Waals surface area contributed by atoms with E-state index < -0.39 is 5.91 Å². The van der Waals surface area contributed by atoms with Crippen LogP contribution in [-0.4, -0.2) is 65.1 Å². The Bertz CT molecular complexity index is 1540. The Balaban J connectivity index is 1.36. The number of rotatable bonds is 7. The number of nitrogens with two attached hydrogens (primary N) is 1. The van der Waals surface area contributed by atoms with Gasteiger partial charge in [-0.2, -0.15) is 0 Å². The van der Waals surface area contributed by atoms with Crippen LogP contribution in [0.4, 0.5) is 17.2 Å². The van der Waals surface area contributed by atoms with Crippen LogP contribution in [0.2, 0.25) is 10.0 Å². The first-order chi connectivity index (χ1) is 18.9. The highest BCUT2D eigenvalue weighted by Gasteiger charge is 2.31. The predicted molar refractivity (Wildman–Crippen MR) is 155 cm³/mol. The Hall–Kier alpha value is -3.53. The maximum absolute atomic E-state index is 12.6. The van der Waals surface area contributed by atoms with Gasteiger partial charge in [0.15, 0.2) is 0 Å². The number of pyridine rings is 1. The number of hydrogen-bond acceptors (Lipinski definition) is 7. The summed E-state index contributed by atoms with van der Waals surface area (Å²) < 4.78 is 5.77. The van der Waals surface area contributed by atoms with E-state index in [-0.39, 0.29) is 11.4 Å². The van der Waals surface area contributed by atoms with Gasteiger partial charge in [0.25, 0.3) is 5.91 Å². The first kappa shape index (κ1) is 25.7. The van der Waals surface area contributed by atoms with Crippen molar-refractivity contribution in [3.05, 3.63) is 69.6 Å². The van der Waals surface area contributed by atoms with Crippen LogP contribution in [0, 0.1) is 0 Å². The number of fused-ring (bicyclic) bond motifs is 2. The van der Waals surface area contributed by atoms with Crippen LogP contribution in [0.15, 0.2) is 42.7 Å². The summed E-state index contributed by atoms with van der Waals surface area (Å²) in [4.78, 5) is 29.9. The van der Waals surface area contributed by atoms with Gasteiger partial charge >= 0.3 is 0 Å². The van der Waals surface area contributed by atoms with Gasteiger partial charge in [-0.3, -0.25) is 9.69 Å². The normalized spacial score (nSPS) is 17.4. The minimum absolute atomic E-state index is 0.184. The quantitative estimate of drug-likeness (QED) is 0.289. The van der Waals surface area contributed by atoms with Crippen molar-refractivity contribution in [3.63, 3.8) is 0 Å². The smallest absolute Gasteiger partial charge is 0.254 e. The van der Waals surface area contributed by atoms with Crippen LogP contribution in [0.3, 0.4) is 0 Å². The van der Waals surface area contributed by atoms with Crippen molar-refractivity contribution in [3.8, 4) is 5.75 Å². The Kier molecular flexibility index (Phi) is 6.97. The van der Waals surface area contributed by atoms with E-state index >= 15 is 0 Å². The molecule has 2 fully saturated rings. The number of H-pyrrole nitrogens is 1. The third-order valence-corrected chi connectivity index (χ3v) is 8.40. The summed E-state index contributed by atoms with van der Waals surface area (Å²) in [6, 6.07) is 12.0. The van der Waals surface area contributed by atoms with E-state index in [1.54, 1.807) is 25.3 Å². The molecule has 2 aromatic heterocycles. The second-order valence-electron chi connectivity index (χ2n) is 9.94. The number of amides is 1. The standard InChI is InChI=1S/C28H29Cl2N7O2/c1-39-23-12-16(37-11-10-36-9-3-4-17(36)14-37)7-8-21(23)34-28-24(27(31)38)26-25(32-15-33-26)22(35-28)13-18-19(29)5-2-6-20(18)30/h2,5-8,12,15,17H,3-4,9-11,13-14H2,1H3,(H2,31,38)(H,32,33)(H,34,35). The molecule has 2 aliphatic rings. The second kappa shape index (κ2) is 10.6. The lowest BCUT2D eigenvalue weighted by atomic mass is 10.1. The summed E-state index contributed by atoms with van der Waals surface area (Å²) in [6.45, 7) is 4.25. The number of halogens is 2. The highest BCUT2D eigenvalue weighted by Crippen LogP contribution is 2.36. The van der Waals surface area contributed by atoms with Crippen LogP contribution in [0.1, 0.15) is 34.5 Å². The average molecular weight is 566 g/mol. The molecular weight excluding hydrogens is 537 g/mol. The third-order valence-electron chi connectivity index (χ3n) is 7.69. The topological polar surface area (TPSA) is 112 Å². The van der Waals surface area contributed by atoms with E-state index in [9.17, 15) is 4.79 Å². The van der Waals surface area contributed by atoms with Gasteiger partial charge in [0.05, 0.1) is 30.3 Å². The molecule has 1 amide bonds. The van der Waals surface area contributed by atoms with Gasteiger partial charge in [-0.25, -0.2) is 9.97 Å². The molecule has 0 bridgehead atoms. The summed E-state index contributed by atoms with van der Waals surface area (Å²) in [5, 5.41) is 4.35. The molecule has 2 aliphatic heterocycles. The van der Waals surface area contributed by atoms with Gasteiger partial charge in [-0.1, -0.05) is 29.3 Å². The van der Waals surface area contributed by atoms with Crippen LogP contribution in [-0.2, 0) is 6.42 Å². The Morgan fingerprint density at radius 2 is 2.03 bits per heavy atom. The average Bonchev–Trinajstić information content (AvgIpc) is 3.60. The molecule has 4 aromatic rings. The van der Waals surface area contributed by atoms with E-state index in [0.29, 0.717) is 50.7 Å². The van der Waals surface area contributed by atoms with Crippen molar-refractivity contribution in [1.29, 1.82) is 0 Å². The van der Waals surface area contributed by atoms with Crippen molar-refractivity contribution >= 4 is 57.3 Å². The molecule has 4 N–H and O–H groups in total. The van der Waals surface area contributed by atoms with E-state index in [1.807, 2.05) is 12.1 Å². The lowest BCUT2D eigenvalue weighted by molar-refractivity contribution is 0.100. The Labute approximate surface area is 236 Å². The summed E-state index contributed by atoms with van der Waals surface area (Å²) in [5.74, 6) is 0.275. The summed E-state index contributed by atoms with van der Waals surface area (Å²) >= 11 is 12.9. The molecule has 11 heteroatoms. The molecule has 4 heterocycles. The molecule has 1 unspecified atom stereocenters. The molecule has 9 nitrogen and oxygen atoms in total. The van der Waals surface area contributed by atoms with Gasteiger partial charge in [-0.15, -0.1) is 0 Å². The number of carbonyl (C=O) groups is 1. The van der Waals surface area contributed by atoms with Crippen LogP contribution < -0.4 is 20.7 Å². The number of nitrogens with zero attached hydrogens (tertiary/aromatic N) is 4. The fourth-order valence-electron chi connectivity index (χ4n) is 5.72. The largest absolute Gasteiger partial charge is 0.494 e. The molecule has 202 valence electrons. The number of methoxy groups -OCH3 is 1. The number of anilines is 3. The van der Waals surface area contributed by atoms with Crippen molar-refractivity contribution < 1.29 is 9.53 Å². The van der Waals surface area contributed by atoms with E-state index in [4.69, 9.17) is 38.7 Å². The van der Waals surface area contributed by atoms with Crippen molar-refractivity contribution in [2.24, 2.45) is 5.73 Å². The fraction of sp³-hybridized carbons (Fsp3) is 0.321. The zero-order valence-electron chi connectivity index (χ0n) is 21.5. The molecule has 2 aromatic carbocycles. The molecule has 2 saturated heterocycles. The Morgan fingerprint density at radius 1 is 1.21 bits per heavy atom. The minimum atomic E-state index is -0.644. The molecule has 0 radical (unpaired) electrons. The van der Waals surface area contributed by atoms with Crippen molar-refractivity contribution in [2.75, 3.05) is 43.5 Å². The monoisotopic (exact) mass is 565 g/mol. The minimum Gasteiger partial charge on any atom is -0.494 e. The van der Waals surface area contributed by atoms with E-state index in [0.717, 1.165) is 30.9 Å². The number of aromatic nitrogens is 3. The highest BCUT2D eigenvalue weighted by molar-refractivity contribution is 6.36. The second-order valence-corrected chi connectivity index (χ2v) is 10.8. The number of nitrogens with one attached hydrogen (secondary N) is 2. The number of ether oxygens (including phenoxy) is 1. The van der Waals surface area contributed by atoms with Gasteiger partial charge < -0.3 is 25.7 Å². The van der Waals surface area contributed by atoms with E-state index in [1.165, 1.54) is 25.7 Å². The molecule has 6 rings (SSSR count). The lowest BCUT2D eigenvalue weighted by Crippen LogP contribution is -2.50. The van der Waals surface area contributed by atoms with Crippen LogP contribution in [0.25, 0.3) is 11.0 Å². The number of benzene rings is 2. The predicted octanol–water partition coefficient (Wildman–Crippen LogP) is 4.99. The number of primary amides is 1. The summed E-state index contributed by atoms with van der Waals surface area (Å²) in [5.41, 5.74) is 10.1. The maximum Gasteiger partial charge on any atom is 0.254 e. The number of hydrogen-bond donors (Lipinski definition) is 3. The number of imidazole rings is 1. The van der Waals surface area contributed by atoms with Gasteiger partial charge in [0.2, 0.25) is 0 Å². The summed E-state index contributed by atoms with van der Waals surface area (Å²) in [6.07, 6.45) is 4.35. The SMILES string of the molecule is COc1cc(N2CCN3CCCC3C2)ccc1Nc1nc(Cc2c(Cl)cccc2Cl)c2[nH]cnc2c1C(N)=O. The molecule has 0 aliphatic carbocycles. The Morgan fingerprint density at radius 3 is 2.79 bits per heavy atom. The number of piperazine rings is 1. The first-order valence-electron chi connectivity index (χ1n) is 13.0. The van der Waals surface area contributed by atoms with Gasteiger partial charge in [0.1, 0.15) is 22.6 Å². The summed E-state index contributed by atoms with van der Waals surface area (Å²) in [7, 11) is 1.63. The molecule has 1 atom stereocenters. The highest BCUT2D eigenvalue weighted by atomic mass is 35.5. The maximum atomic E-state index is 12.6. The van der Waals surface area contributed by atoms with Crippen molar-refractivity contribution in [2.45, 2.75) is 25.3 Å². The number of carbonyl (C=O) groups excluding carboxylic acids is 1. The lowest BCUT2D eigenvalue weighted by Gasteiger charge is -2.39. The zero-order valence-corrected chi connectivity index (χ0v) is 23.0. The fourth-order valence-corrected chi connectivity index (χ4v) is 6.25. The molecular formula is C28H29Cl2N7O2. The van der Waals surface area contributed by atoms with E-state index in [2.05, 4.69) is 31.2 Å². The van der Waals surface area contributed by atoms with Gasteiger partial charge in [0, 0.05) is 53.9 Å². The third kappa shape index (κ3) is 4.86. The molecule has 0 saturated carbocycles. The molecule has 39 heavy (non-hydrogen) atoms.